The predicted molar refractivity (Wildman–Crippen MR) is 123 cm³/mol. The highest BCUT2D eigenvalue weighted by Crippen LogP contribution is 2.31. The monoisotopic (exact) mass is 458 g/mol. The molecule has 0 radical (unpaired) electrons. The molecule has 0 spiro atoms. The lowest BCUT2D eigenvalue weighted by molar-refractivity contribution is -0.113. The highest BCUT2D eigenvalue weighted by Gasteiger charge is 2.13. The molecule has 2 heterocycles. The summed E-state index contributed by atoms with van der Waals surface area (Å²) in [5.41, 5.74) is 1.94. The number of anilines is 1. The fraction of sp³-hybridized carbons (Fsp3) is 0.190. The first-order valence-corrected chi connectivity index (χ1v) is 12.1. The zero-order chi connectivity index (χ0) is 20.9. The van der Waals surface area contributed by atoms with Crippen LogP contribution >= 0.6 is 34.9 Å². The second kappa shape index (κ2) is 9.63. The van der Waals surface area contributed by atoms with Gasteiger partial charge in [0.2, 0.25) is 11.0 Å². The number of fused-ring (bicyclic) bond motifs is 1. The van der Waals surface area contributed by atoms with Crippen molar-refractivity contribution in [2.24, 2.45) is 0 Å². The zero-order valence-electron chi connectivity index (χ0n) is 16.2. The first kappa shape index (κ1) is 20.9. The Morgan fingerprint density at radius 2 is 2.03 bits per heavy atom. The molecule has 1 amide bonds. The summed E-state index contributed by atoms with van der Waals surface area (Å²) in [7, 11) is 0. The molecule has 2 aromatic heterocycles. The van der Waals surface area contributed by atoms with Crippen molar-refractivity contribution in [3.05, 3.63) is 66.1 Å². The lowest BCUT2D eigenvalue weighted by atomic mass is 10.2. The van der Waals surface area contributed by atoms with E-state index < -0.39 is 0 Å². The number of hydrogen-bond donors (Lipinski definition) is 1. The molecule has 0 fully saturated rings. The van der Waals surface area contributed by atoms with Crippen molar-refractivity contribution in [3.8, 4) is 0 Å². The van der Waals surface area contributed by atoms with E-state index in [1.165, 1.54) is 29.2 Å². The van der Waals surface area contributed by atoms with E-state index in [1.807, 2.05) is 43.5 Å². The number of aromatic nitrogens is 3. The summed E-state index contributed by atoms with van der Waals surface area (Å²) in [5.74, 6) is 0.820. The molecular weight excluding hydrogens is 439 g/mol. The lowest BCUT2D eigenvalue weighted by Gasteiger charge is -2.05. The number of nitrogens with one attached hydrogen (secondary N) is 1. The van der Waals surface area contributed by atoms with Crippen LogP contribution in [0.25, 0.3) is 10.9 Å². The van der Waals surface area contributed by atoms with E-state index >= 15 is 0 Å². The molecule has 2 aromatic carbocycles. The van der Waals surface area contributed by atoms with Crippen LogP contribution < -0.4 is 5.32 Å². The third kappa shape index (κ3) is 5.03. The van der Waals surface area contributed by atoms with Crippen molar-refractivity contribution in [1.82, 2.24) is 14.8 Å². The maximum Gasteiger partial charge on any atom is 0.236 e. The second-order valence-corrected chi connectivity index (χ2v) is 9.92. The maximum absolute atomic E-state index is 13.6. The summed E-state index contributed by atoms with van der Waals surface area (Å²) in [4.78, 5) is 13.4. The van der Waals surface area contributed by atoms with Gasteiger partial charge < -0.3 is 4.57 Å². The fourth-order valence-electron chi connectivity index (χ4n) is 3.03. The number of hydrogen-bond acceptors (Lipinski definition) is 6. The smallest absolute Gasteiger partial charge is 0.236 e. The number of para-hydroxylation sites is 1. The summed E-state index contributed by atoms with van der Waals surface area (Å²) in [6, 6.07) is 14.6. The molecule has 0 aliphatic carbocycles. The van der Waals surface area contributed by atoms with Gasteiger partial charge in [-0.3, -0.25) is 10.1 Å². The summed E-state index contributed by atoms with van der Waals surface area (Å²) in [5, 5.41) is 12.5. The van der Waals surface area contributed by atoms with Gasteiger partial charge in [-0.25, -0.2) is 4.39 Å². The third-order valence-electron chi connectivity index (χ3n) is 4.27. The molecule has 5 nitrogen and oxygen atoms in total. The van der Waals surface area contributed by atoms with Crippen LogP contribution in [-0.2, 0) is 11.3 Å². The molecule has 0 saturated heterocycles. The molecule has 154 valence electrons. The Hall–Kier alpha value is -2.36. The van der Waals surface area contributed by atoms with Gasteiger partial charge in [0.25, 0.3) is 0 Å². The molecular formula is C21H19FN4OS3. The normalized spacial score (nSPS) is 11.1. The Bertz CT molecular complexity index is 1170. The molecule has 4 aromatic rings. The van der Waals surface area contributed by atoms with Crippen molar-refractivity contribution in [2.45, 2.75) is 22.7 Å². The first-order chi connectivity index (χ1) is 14.6. The summed E-state index contributed by atoms with van der Waals surface area (Å²) in [6.45, 7) is 2.61. The van der Waals surface area contributed by atoms with Gasteiger partial charge in [-0.1, -0.05) is 60.4 Å². The quantitative estimate of drug-likeness (QED) is 0.278. The van der Waals surface area contributed by atoms with Crippen molar-refractivity contribution in [3.63, 3.8) is 0 Å². The van der Waals surface area contributed by atoms with Gasteiger partial charge in [0, 0.05) is 28.5 Å². The Kier molecular flexibility index (Phi) is 6.71. The number of benzene rings is 2. The van der Waals surface area contributed by atoms with Crippen molar-refractivity contribution in [2.75, 3.05) is 16.8 Å². The summed E-state index contributed by atoms with van der Waals surface area (Å²) < 4.78 is 16.5. The van der Waals surface area contributed by atoms with E-state index in [9.17, 15) is 9.18 Å². The van der Waals surface area contributed by atoms with E-state index in [1.54, 1.807) is 23.9 Å². The van der Waals surface area contributed by atoms with Gasteiger partial charge in [-0.15, -0.1) is 22.0 Å². The fourth-order valence-corrected chi connectivity index (χ4v) is 5.59. The van der Waals surface area contributed by atoms with E-state index in [0.717, 1.165) is 31.5 Å². The van der Waals surface area contributed by atoms with E-state index in [-0.39, 0.29) is 17.5 Å². The Morgan fingerprint density at radius 3 is 2.87 bits per heavy atom. The molecule has 0 bridgehead atoms. The van der Waals surface area contributed by atoms with Gasteiger partial charge >= 0.3 is 0 Å². The number of carbonyl (C=O) groups excluding carboxylic acids is 1. The average molecular weight is 459 g/mol. The number of thioether (sulfide) groups is 2. The highest BCUT2D eigenvalue weighted by atomic mass is 32.2. The molecule has 0 aliphatic heterocycles. The number of rotatable bonds is 8. The third-order valence-corrected chi connectivity index (χ3v) is 7.17. The van der Waals surface area contributed by atoms with E-state index in [4.69, 9.17) is 0 Å². The number of halogens is 1. The molecule has 0 unspecified atom stereocenters. The Balaban J connectivity index is 1.46. The largest absolute Gasteiger partial charge is 0.342 e. The van der Waals surface area contributed by atoms with Crippen molar-refractivity contribution < 1.29 is 9.18 Å². The van der Waals surface area contributed by atoms with E-state index in [2.05, 4.69) is 20.1 Å². The van der Waals surface area contributed by atoms with Gasteiger partial charge in [0.15, 0.2) is 4.34 Å². The molecule has 9 heteroatoms. The molecule has 0 atom stereocenters. The second-order valence-electron chi connectivity index (χ2n) is 6.41. The van der Waals surface area contributed by atoms with Gasteiger partial charge in [0.05, 0.1) is 5.75 Å². The minimum atomic E-state index is -0.243. The minimum absolute atomic E-state index is 0.119. The molecule has 0 saturated carbocycles. The van der Waals surface area contributed by atoms with Crippen LogP contribution in [0.2, 0.25) is 0 Å². The first-order valence-electron chi connectivity index (χ1n) is 9.33. The van der Waals surface area contributed by atoms with Crippen molar-refractivity contribution >= 4 is 56.8 Å². The SMILES string of the molecule is CCSc1nnc(NC(=O)CSc2cn(Cc3cccc(F)c3)c3ccccc23)s1. The van der Waals surface area contributed by atoms with Crippen molar-refractivity contribution in [1.29, 1.82) is 0 Å². The zero-order valence-corrected chi connectivity index (χ0v) is 18.6. The van der Waals surface area contributed by atoms with Gasteiger partial charge in [-0.2, -0.15) is 0 Å². The Morgan fingerprint density at radius 1 is 1.17 bits per heavy atom. The lowest BCUT2D eigenvalue weighted by Crippen LogP contribution is -2.13. The van der Waals surface area contributed by atoms with Crippen LogP contribution in [0.1, 0.15) is 12.5 Å². The van der Waals surface area contributed by atoms with E-state index in [0.29, 0.717) is 11.7 Å². The minimum Gasteiger partial charge on any atom is -0.342 e. The molecule has 1 N–H and O–H groups in total. The number of nitrogens with zero attached hydrogens (tertiary/aromatic N) is 3. The summed E-state index contributed by atoms with van der Waals surface area (Å²) >= 11 is 4.46. The highest BCUT2D eigenvalue weighted by molar-refractivity contribution is 8.01. The number of carbonyl (C=O) groups is 1. The molecule has 0 aliphatic rings. The van der Waals surface area contributed by atoms with Crippen LogP contribution in [0.5, 0.6) is 0 Å². The predicted octanol–water partition coefficient (Wildman–Crippen LogP) is 5.52. The molecule has 30 heavy (non-hydrogen) atoms. The van der Waals surface area contributed by atoms with Crippen LogP contribution in [0.3, 0.4) is 0 Å². The van der Waals surface area contributed by atoms with Crippen LogP contribution in [0.4, 0.5) is 9.52 Å². The van der Waals surface area contributed by atoms with Gasteiger partial charge in [-0.05, 0) is 29.5 Å². The molecule has 4 rings (SSSR count). The standard InChI is InChI=1S/C21H19FN4OS3/c1-2-28-21-25-24-20(30-21)23-19(27)13-29-18-12-26(17-9-4-3-8-16(17)18)11-14-6-5-7-15(22)10-14/h3-10,12H,2,11,13H2,1H3,(H,23,24,27). The van der Waals surface area contributed by atoms with Crippen LogP contribution in [0, 0.1) is 5.82 Å². The van der Waals surface area contributed by atoms with Crippen LogP contribution in [-0.4, -0.2) is 32.2 Å². The average Bonchev–Trinajstić information content (AvgIpc) is 3.31. The van der Waals surface area contributed by atoms with Gasteiger partial charge in [0.1, 0.15) is 5.82 Å². The summed E-state index contributed by atoms with van der Waals surface area (Å²) in [6.07, 6.45) is 2.02. The Labute approximate surface area is 186 Å². The topological polar surface area (TPSA) is 59.8 Å². The van der Waals surface area contributed by atoms with Crippen LogP contribution in [0.15, 0.2) is 64.0 Å². The number of amides is 1. The maximum atomic E-state index is 13.6.